The van der Waals surface area contributed by atoms with E-state index in [-0.39, 0.29) is 0 Å². The molecule has 0 amide bonds. The molecule has 0 aromatic carbocycles. The molecule has 56 valence electrons. The minimum Gasteiger partial charge on any atom is -0.326 e. The third kappa shape index (κ3) is 1.09. The SMILES string of the molecule is Cc1cn2c(n1)C=NC=CC2. The summed E-state index contributed by atoms with van der Waals surface area (Å²) < 4.78 is 2.07. The maximum Gasteiger partial charge on any atom is 0.151 e. The van der Waals surface area contributed by atoms with Gasteiger partial charge in [-0.25, -0.2) is 4.98 Å². The van der Waals surface area contributed by atoms with Gasteiger partial charge in [0.2, 0.25) is 0 Å². The topological polar surface area (TPSA) is 30.2 Å². The normalized spacial score (nSPS) is 14.6. The molecule has 0 spiro atoms. The lowest BCUT2D eigenvalue weighted by molar-refractivity contribution is 0.815. The van der Waals surface area contributed by atoms with Gasteiger partial charge in [-0.3, -0.25) is 4.99 Å². The fourth-order valence-corrected chi connectivity index (χ4v) is 1.15. The molecule has 3 heteroatoms. The van der Waals surface area contributed by atoms with E-state index < -0.39 is 0 Å². The van der Waals surface area contributed by atoms with E-state index in [0.717, 1.165) is 18.1 Å². The molecule has 0 saturated heterocycles. The van der Waals surface area contributed by atoms with Crippen LogP contribution in [-0.4, -0.2) is 15.8 Å². The van der Waals surface area contributed by atoms with E-state index in [9.17, 15) is 0 Å². The van der Waals surface area contributed by atoms with Crippen LogP contribution in [0.4, 0.5) is 0 Å². The summed E-state index contributed by atoms with van der Waals surface area (Å²) >= 11 is 0. The fraction of sp³-hybridized carbons (Fsp3) is 0.250. The third-order valence-corrected chi connectivity index (χ3v) is 1.61. The maximum atomic E-state index is 4.28. The molecule has 0 fully saturated rings. The highest BCUT2D eigenvalue weighted by Gasteiger charge is 2.01. The fourth-order valence-electron chi connectivity index (χ4n) is 1.15. The summed E-state index contributed by atoms with van der Waals surface area (Å²) in [5.74, 6) is 0.938. The van der Waals surface area contributed by atoms with Crippen molar-refractivity contribution >= 4 is 6.21 Å². The molecular formula is C8H9N3. The van der Waals surface area contributed by atoms with Crippen LogP contribution in [0.2, 0.25) is 0 Å². The van der Waals surface area contributed by atoms with E-state index in [1.807, 2.05) is 19.2 Å². The second kappa shape index (κ2) is 2.34. The van der Waals surface area contributed by atoms with Crippen molar-refractivity contribution in [2.45, 2.75) is 13.5 Å². The van der Waals surface area contributed by atoms with E-state index >= 15 is 0 Å². The minimum atomic E-state index is 0.871. The molecule has 0 aliphatic carbocycles. The Morgan fingerprint density at radius 3 is 3.36 bits per heavy atom. The van der Waals surface area contributed by atoms with Crippen LogP contribution in [0.3, 0.4) is 0 Å². The number of aryl methyl sites for hydroxylation is 1. The van der Waals surface area contributed by atoms with Crippen LogP contribution in [0.25, 0.3) is 0 Å². The van der Waals surface area contributed by atoms with Gasteiger partial charge in [0.05, 0.1) is 11.9 Å². The molecule has 2 rings (SSSR count). The zero-order chi connectivity index (χ0) is 7.68. The molecule has 1 aliphatic rings. The van der Waals surface area contributed by atoms with Gasteiger partial charge in [-0.2, -0.15) is 0 Å². The molecule has 1 aromatic heterocycles. The number of imidazole rings is 1. The number of hydrogen-bond donors (Lipinski definition) is 0. The molecular weight excluding hydrogens is 138 g/mol. The molecule has 1 aromatic rings. The average molecular weight is 147 g/mol. The third-order valence-electron chi connectivity index (χ3n) is 1.61. The summed E-state index contributed by atoms with van der Waals surface area (Å²) in [5, 5.41) is 0. The van der Waals surface area contributed by atoms with Gasteiger partial charge in [0.25, 0.3) is 0 Å². The standard InChI is InChI=1S/C8H9N3/c1-7-6-11-4-2-3-9-5-8(11)10-7/h2-3,5-6H,4H2,1H3. The molecule has 2 heterocycles. The second-order valence-electron chi connectivity index (χ2n) is 2.56. The first-order chi connectivity index (χ1) is 5.36. The summed E-state index contributed by atoms with van der Waals surface area (Å²) in [4.78, 5) is 8.32. The van der Waals surface area contributed by atoms with E-state index in [4.69, 9.17) is 0 Å². The molecule has 0 radical (unpaired) electrons. The molecule has 3 nitrogen and oxygen atoms in total. The lowest BCUT2D eigenvalue weighted by Gasteiger charge is -1.95. The highest BCUT2D eigenvalue weighted by atomic mass is 15.1. The zero-order valence-electron chi connectivity index (χ0n) is 6.36. The van der Waals surface area contributed by atoms with Crippen LogP contribution in [0.1, 0.15) is 11.5 Å². The van der Waals surface area contributed by atoms with Crippen LogP contribution in [0.15, 0.2) is 23.5 Å². The van der Waals surface area contributed by atoms with E-state index in [1.165, 1.54) is 0 Å². The van der Waals surface area contributed by atoms with Gasteiger partial charge in [-0.1, -0.05) is 0 Å². The number of fused-ring (bicyclic) bond motifs is 1. The Kier molecular flexibility index (Phi) is 1.35. The maximum absolute atomic E-state index is 4.28. The lowest BCUT2D eigenvalue weighted by Crippen LogP contribution is -1.97. The smallest absolute Gasteiger partial charge is 0.151 e. The molecule has 0 unspecified atom stereocenters. The predicted molar refractivity (Wildman–Crippen MR) is 43.7 cm³/mol. The minimum absolute atomic E-state index is 0.871. The van der Waals surface area contributed by atoms with Crippen molar-refractivity contribution in [1.82, 2.24) is 9.55 Å². The van der Waals surface area contributed by atoms with Crippen LogP contribution in [-0.2, 0) is 6.54 Å². The molecule has 0 saturated carbocycles. The summed E-state index contributed by atoms with van der Waals surface area (Å²) in [6.45, 7) is 2.86. The molecule has 11 heavy (non-hydrogen) atoms. The Labute approximate surface area is 65.1 Å². The Hall–Kier alpha value is -1.38. The van der Waals surface area contributed by atoms with Crippen molar-refractivity contribution in [3.05, 3.63) is 30.0 Å². The first kappa shape index (κ1) is 6.34. The summed E-state index contributed by atoms with van der Waals surface area (Å²) in [6.07, 6.45) is 7.60. The molecule has 0 bridgehead atoms. The van der Waals surface area contributed by atoms with E-state index in [0.29, 0.717) is 0 Å². The largest absolute Gasteiger partial charge is 0.326 e. The Morgan fingerprint density at radius 1 is 1.55 bits per heavy atom. The van der Waals surface area contributed by atoms with Crippen LogP contribution < -0.4 is 0 Å². The monoisotopic (exact) mass is 147 g/mol. The number of nitrogens with zero attached hydrogens (tertiary/aromatic N) is 3. The van der Waals surface area contributed by atoms with Gasteiger partial charge in [0.1, 0.15) is 0 Å². The zero-order valence-corrected chi connectivity index (χ0v) is 6.36. The Bertz CT molecular complexity index is 320. The molecule has 0 N–H and O–H groups in total. The quantitative estimate of drug-likeness (QED) is 0.541. The van der Waals surface area contributed by atoms with Gasteiger partial charge in [0.15, 0.2) is 5.82 Å². The first-order valence-corrected chi connectivity index (χ1v) is 3.58. The van der Waals surface area contributed by atoms with Crippen molar-refractivity contribution in [2.24, 2.45) is 4.99 Å². The molecule has 1 aliphatic heterocycles. The Balaban J connectivity index is 2.51. The summed E-state index contributed by atoms with van der Waals surface area (Å²) in [6, 6.07) is 0. The number of allylic oxidation sites excluding steroid dienone is 1. The number of aliphatic imine (C=N–C) groups is 1. The number of hydrogen-bond acceptors (Lipinski definition) is 2. The van der Waals surface area contributed by atoms with Crippen molar-refractivity contribution < 1.29 is 0 Å². The second-order valence-corrected chi connectivity index (χ2v) is 2.56. The van der Waals surface area contributed by atoms with Crippen LogP contribution >= 0.6 is 0 Å². The van der Waals surface area contributed by atoms with Crippen molar-refractivity contribution in [3.8, 4) is 0 Å². The van der Waals surface area contributed by atoms with Gasteiger partial charge >= 0.3 is 0 Å². The van der Waals surface area contributed by atoms with E-state index in [2.05, 4.69) is 14.5 Å². The summed E-state index contributed by atoms with van der Waals surface area (Å²) in [5.41, 5.74) is 1.04. The van der Waals surface area contributed by atoms with Gasteiger partial charge in [0, 0.05) is 18.9 Å². The highest BCUT2D eigenvalue weighted by molar-refractivity contribution is 5.75. The number of rotatable bonds is 0. The predicted octanol–water partition coefficient (Wildman–Crippen LogP) is 1.14. The summed E-state index contributed by atoms with van der Waals surface area (Å²) in [7, 11) is 0. The molecule has 0 atom stereocenters. The Morgan fingerprint density at radius 2 is 2.45 bits per heavy atom. The van der Waals surface area contributed by atoms with Crippen LogP contribution in [0, 0.1) is 6.92 Å². The lowest BCUT2D eigenvalue weighted by atomic mass is 10.5. The van der Waals surface area contributed by atoms with E-state index in [1.54, 1.807) is 12.4 Å². The average Bonchev–Trinajstić information content (AvgIpc) is 2.17. The van der Waals surface area contributed by atoms with Crippen molar-refractivity contribution in [3.63, 3.8) is 0 Å². The van der Waals surface area contributed by atoms with Gasteiger partial charge < -0.3 is 4.57 Å². The van der Waals surface area contributed by atoms with Gasteiger partial charge in [-0.15, -0.1) is 0 Å². The first-order valence-electron chi connectivity index (χ1n) is 3.58. The van der Waals surface area contributed by atoms with Crippen molar-refractivity contribution in [1.29, 1.82) is 0 Å². The number of aromatic nitrogens is 2. The van der Waals surface area contributed by atoms with Crippen molar-refractivity contribution in [2.75, 3.05) is 0 Å². The highest BCUT2D eigenvalue weighted by Crippen LogP contribution is 2.02. The van der Waals surface area contributed by atoms with Crippen LogP contribution in [0.5, 0.6) is 0 Å². The van der Waals surface area contributed by atoms with Gasteiger partial charge in [-0.05, 0) is 13.0 Å².